The first-order valence-electron chi connectivity index (χ1n) is 7.76. The molecule has 130 valence electrons. The van der Waals surface area contributed by atoms with Gasteiger partial charge in [-0.2, -0.15) is 9.98 Å². The van der Waals surface area contributed by atoms with Crippen molar-refractivity contribution < 1.29 is 4.39 Å². The standard InChI is InChI=1S/C17H14ClFN7/c1-25(2)26(15-7-6-14(18)23-24-15)16(11-4-3-5-12(19)8-11)22-13-9-20-10-21-17(13)26/h3-10H,1-2H3/q+1. The second kappa shape index (κ2) is 6.17. The van der Waals surface area contributed by atoms with Crippen molar-refractivity contribution in [1.29, 1.82) is 0 Å². The monoisotopic (exact) mass is 370 g/mol. The van der Waals surface area contributed by atoms with Crippen LogP contribution in [0.15, 0.2) is 53.9 Å². The fourth-order valence-electron chi connectivity index (χ4n) is 3.09. The van der Waals surface area contributed by atoms with E-state index in [4.69, 9.17) is 16.6 Å². The molecule has 9 heteroatoms. The molecule has 0 bridgehead atoms. The maximum Gasteiger partial charge on any atom is 0.290 e. The normalized spacial score (nSPS) is 18.7. The minimum Gasteiger partial charge on any atom is -0.242 e. The van der Waals surface area contributed by atoms with Crippen LogP contribution in [0.2, 0.25) is 5.15 Å². The Hall–Kier alpha value is -2.81. The van der Waals surface area contributed by atoms with Gasteiger partial charge < -0.3 is 0 Å². The molecule has 0 saturated heterocycles. The molecule has 0 N–H and O–H groups in total. The SMILES string of the molecule is CN(C)[N+]1(c2ccc(Cl)nn2)C(c2cccc(F)c2)=Nc2cncnc21. The summed E-state index contributed by atoms with van der Waals surface area (Å²) in [4.78, 5) is 13.2. The van der Waals surface area contributed by atoms with E-state index in [1.54, 1.807) is 30.5 Å². The molecule has 0 fully saturated rings. The molecular formula is C17H14ClFN7+. The van der Waals surface area contributed by atoms with Crippen LogP contribution >= 0.6 is 11.6 Å². The van der Waals surface area contributed by atoms with E-state index < -0.39 is 0 Å². The molecule has 3 heterocycles. The summed E-state index contributed by atoms with van der Waals surface area (Å²) in [6, 6.07) is 9.65. The zero-order chi connectivity index (χ0) is 18.3. The molecule has 0 spiro atoms. The highest BCUT2D eigenvalue weighted by molar-refractivity contribution is 6.29. The molecule has 1 atom stereocenters. The molecule has 2 aromatic heterocycles. The van der Waals surface area contributed by atoms with Gasteiger partial charge >= 0.3 is 0 Å². The maximum absolute atomic E-state index is 13.9. The van der Waals surface area contributed by atoms with E-state index in [-0.39, 0.29) is 15.6 Å². The second-order valence-electron chi connectivity index (χ2n) is 5.87. The molecule has 1 aromatic carbocycles. The molecule has 26 heavy (non-hydrogen) atoms. The molecule has 4 rings (SSSR count). The first kappa shape index (κ1) is 16.6. The van der Waals surface area contributed by atoms with Gasteiger partial charge in [0.15, 0.2) is 10.8 Å². The Morgan fingerprint density at radius 2 is 1.96 bits per heavy atom. The fourth-order valence-corrected chi connectivity index (χ4v) is 3.19. The minimum absolute atomic E-state index is 0.0640. The van der Waals surface area contributed by atoms with E-state index in [9.17, 15) is 4.39 Å². The Bertz CT molecular complexity index is 1010. The molecule has 0 saturated carbocycles. The van der Waals surface area contributed by atoms with Crippen molar-refractivity contribution in [1.82, 2.24) is 29.8 Å². The Morgan fingerprint density at radius 3 is 2.65 bits per heavy atom. The van der Waals surface area contributed by atoms with Gasteiger partial charge in [0.05, 0.1) is 11.8 Å². The summed E-state index contributed by atoms with van der Waals surface area (Å²) in [5.41, 5.74) is 1.19. The summed E-state index contributed by atoms with van der Waals surface area (Å²) in [5, 5.41) is 10.4. The third-order valence-corrected chi connectivity index (χ3v) is 4.35. The molecule has 7 nitrogen and oxygen atoms in total. The number of nitrogens with zero attached hydrogens (tertiary/aromatic N) is 7. The Balaban J connectivity index is 2.05. The molecule has 0 aliphatic carbocycles. The number of hydrogen-bond donors (Lipinski definition) is 0. The Labute approximate surface area is 154 Å². The van der Waals surface area contributed by atoms with E-state index in [0.29, 0.717) is 28.7 Å². The number of rotatable bonds is 3. The van der Waals surface area contributed by atoms with Gasteiger partial charge in [-0.05, 0) is 24.3 Å². The molecule has 0 amide bonds. The number of fused-ring (bicyclic) bond motifs is 1. The molecule has 1 unspecified atom stereocenters. The third kappa shape index (κ3) is 2.38. The Kier molecular flexibility index (Phi) is 3.95. The van der Waals surface area contributed by atoms with E-state index in [1.165, 1.54) is 18.5 Å². The average Bonchev–Trinajstić information content (AvgIpc) is 2.99. The summed E-state index contributed by atoms with van der Waals surface area (Å²) < 4.78 is 13.8. The van der Waals surface area contributed by atoms with E-state index in [2.05, 4.69) is 20.2 Å². The summed E-state index contributed by atoms with van der Waals surface area (Å²) in [5.74, 6) is 1.31. The first-order valence-corrected chi connectivity index (χ1v) is 8.13. The van der Waals surface area contributed by atoms with Crippen molar-refractivity contribution >= 4 is 34.8 Å². The lowest BCUT2D eigenvalue weighted by atomic mass is 10.1. The summed E-state index contributed by atoms with van der Waals surface area (Å²) in [6.45, 7) is 0. The molecule has 3 aromatic rings. The molecular weight excluding hydrogens is 357 g/mol. The lowest BCUT2D eigenvalue weighted by Gasteiger charge is -2.35. The lowest BCUT2D eigenvalue weighted by Crippen LogP contribution is -2.58. The Morgan fingerprint density at radius 1 is 1.12 bits per heavy atom. The largest absolute Gasteiger partial charge is 0.290 e. The number of benzene rings is 1. The van der Waals surface area contributed by atoms with Crippen LogP contribution in [0, 0.1) is 5.82 Å². The van der Waals surface area contributed by atoms with Gasteiger partial charge in [0, 0.05) is 20.2 Å². The zero-order valence-corrected chi connectivity index (χ0v) is 14.8. The van der Waals surface area contributed by atoms with Crippen LogP contribution in [-0.4, -0.2) is 45.1 Å². The van der Waals surface area contributed by atoms with Gasteiger partial charge in [-0.25, -0.2) is 9.37 Å². The second-order valence-corrected chi connectivity index (χ2v) is 6.26. The van der Waals surface area contributed by atoms with Gasteiger partial charge in [0.1, 0.15) is 12.1 Å². The first-order chi connectivity index (χ1) is 12.5. The van der Waals surface area contributed by atoms with Crippen LogP contribution in [-0.2, 0) is 0 Å². The molecule has 1 aliphatic heterocycles. The smallest absolute Gasteiger partial charge is 0.242 e. The molecule has 0 radical (unpaired) electrons. The van der Waals surface area contributed by atoms with Gasteiger partial charge in [0.2, 0.25) is 0 Å². The van der Waals surface area contributed by atoms with Crippen molar-refractivity contribution in [3.05, 3.63) is 65.5 Å². The van der Waals surface area contributed by atoms with Gasteiger partial charge in [-0.15, -0.1) is 10.1 Å². The predicted molar refractivity (Wildman–Crippen MR) is 96.8 cm³/mol. The van der Waals surface area contributed by atoms with E-state index in [1.807, 2.05) is 19.1 Å². The van der Waals surface area contributed by atoms with Crippen molar-refractivity contribution in [2.45, 2.75) is 0 Å². The van der Waals surface area contributed by atoms with Gasteiger partial charge in [-0.3, -0.25) is 0 Å². The number of hydrogen-bond acceptors (Lipinski definition) is 6. The van der Waals surface area contributed by atoms with Crippen LogP contribution in [0.25, 0.3) is 0 Å². The van der Waals surface area contributed by atoms with E-state index >= 15 is 0 Å². The van der Waals surface area contributed by atoms with Gasteiger partial charge in [0.25, 0.3) is 17.5 Å². The number of amidine groups is 1. The number of quaternary nitrogens is 1. The highest BCUT2D eigenvalue weighted by Gasteiger charge is 2.53. The van der Waals surface area contributed by atoms with Crippen LogP contribution in [0.4, 0.5) is 21.7 Å². The average molecular weight is 371 g/mol. The highest BCUT2D eigenvalue weighted by Crippen LogP contribution is 2.46. The maximum atomic E-state index is 13.9. The highest BCUT2D eigenvalue weighted by atomic mass is 35.5. The van der Waals surface area contributed by atoms with Crippen LogP contribution in [0.3, 0.4) is 0 Å². The minimum atomic E-state index is -0.355. The molecule has 1 aliphatic rings. The predicted octanol–water partition coefficient (Wildman–Crippen LogP) is 3.27. The quantitative estimate of drug-likeness (QED) is 0.662. The van der Waals surface area contributed by atoms with Gasteiger partial charge in [-0.1, -0.05) is 27.4 Å². The van der Waals surface area contributed by atoms with Crippen molar-refractivity contribution in [2.75, 3.05) is 14.1 Å². The van der Waals surface area contributed by atoms with Crippen molar-refractivity contribution in [2.24, 2.45) is 4.99 Å². The summed E-state index contributed by atoms with van der Waals surface area (Å²) in [6.07, 6.45) is 3.07. The summed E-state index contributed by atoms with van der Waals surface area (Å²) >= 11 is 5.92. The van der Waals surface area contributed by atoms with Crippen molar-refractivity contribution in [3.63, 3.8) is 0 Å². The number of halogens is 2. The number of aliphatic imine (C=N–C) groups is 1. The van der Waals surface area contributed by atoms with Crippen LogP contribution in [0.5, 0.6) is 0 Å². The third-order valence-electron chi connectivity index (χ3n) is 4.14. The topological polar surface area (TPSA) is 67.2 Å². The van der Waals surface area contributed by atoms with E-state index in [0.717, 1.165) is 0 Å². The van der Waals surface area contributed by atoms with Crippen LogP contribution < -0.4 is 4.59 Å². The summed E-state index contributed by atoms with van der Waals surface area (Å²) in [7, 11) is 3.73. The zero-order valence-electron chi connectivity index (χ0n) is 14.0. The van der Waals surface area contributed by atoms with Crippen LogP contribution in [0.1, 0.15) is 5.56 Å². The lowest BCUT2D eigenvalue weighted by molar-refractivity contribution is 0.176. The fraction of sp³-hybridized carbons (Fsp3) is 0.118. The van der Waals surface area contributed by atoms with Crippen molar-refractivity contribution in [3.8, 4) is 0 Å². The number of aromatic nitrogens is 4.